The van der Waals surface area contributed by atoms with Crippen LogP contribution in [0, 0.1) is 11.8 Å². The van der Waals surface area contributed by atoms with E-state index in [9.17, 15) is 9.90 Å². The number of methoxy groups -OCH3 is 1. The summed E-state index contributed by atoms with van der Waals surface area (Å²) < 4.78 is 5.20. The average Bonchev–Trinajstić information content (AvgIpc) is 2.67. The first-order valence-electron chi connectivity index (χ1n) is 10.2. The summed E-state index contributed by atoms with van der Waals surface area (Å²) in [6.45, 7) is 7.99. The Labute approximate surface area is 169 Å². The third-order valence-corrected chi connectivity index (χ3v) is 5.79. The summed E-state index contributed by atoms with van der Waals surface area (Å²) in [5.74, 6) is 0.0132. The maximum atomic E-state index is 12.4. The second-order valence-electron chi connectivity index (χ2n) is 8.02. The standard InChI is InChI=1S/C25H34O3/c1-17(10-9-11-18(2)16-21-12-7-6-8-13-21)14-15-22-19(3)24(27)25(28-5)20(4)23(22)26/h6-8,11-14,19,22-23,26H,9-10,15-16H2,1-5H3. The molecule has 0 aliphatic heterocycles. The number of Topliss-reactive ketones (excluding diaryl/α,β-unsaturated/α-hetero) is 1. The molecule has 0 saturated heterocycles. The maximum absolute atomic E-state index is 12.4. The van der Waals surface area contributed by atoms with Crippen LogP contribution in [0.5, 0.6) is 0 Å². The summed E-state index contributed by atoms with van der Waals surface area (Å²) in [7, 11) is 1.49. The minimum Gasteiger partial charge on any atom is -0.493 e. The van der Waals surface area contributed by atoms with Crippen LogP contribution in [0.3, 0.4) is 0 Å². The molecule has 1 aliphatic carbocycles. The molecule has 3 heteroatoms. The van der Waals surface area contributed by atoms with E-state index in [2.05, 4.69) is 50.3 Å². The third-order valence-electron chi connectivity index (χ3n) is 5.79. The summed E-state index contributed by atoms with van der Waals surface area (Å²) in [4.78, 5) is 12.4. The lowest BCUT2D eigenvalue weighted by Crippen LogP contribution is -2.38. The van der Waals surface area contributed by atoms with E-state index in [-0.39, 0.29) is 17.6 Å². The van der Waals surface area contributed by atoms with Crippen molar-refractivity contribution in [3.05, 3.63) is 70.5 Å². The van der Waals surface area contributed by atoms with Crippen LogP contribution in [-0.4, -0.2) is 24.1 Å². The fourth-order valence-electron chi connectivity index (χ4n) is 3.89. The van der Waals surface area contributed by atoms with Crippen molar-refractivity contribution < 1.29 is 14.6 Å². The number of allylic oxidation sites excluding steroid dienone is 5. The minimum atomic E-state index is -0.625. The van der Waals surface area contributed by atoms with Gasteiger partial charge in [0.2, 0.25) is 5.78 Å². The Morgan fingerprint density at radius 1 is 1.14 bits per heavy atom. The Morgan fingerprint density at radius 2 is 1.82 bits per heavy atom. The zero-order valence-corrected chi connectivity index (χ0v) is 17.9. The summed E-state index contributed by atoms with van der Waals surface area (Å²) in [6, 6.07) is 10.5. The van der Waals surface area contributed by atoms with Crippen molar-refractivity contribution in [1.82, 2.24) is 0 Å². The van der Waals surface area contributed by atoms with Crippen molar-refractivity contribution in [2.75, 3.05) is 7.11 Å². The van der Waals surface area contributed by atoms with Gasteiger partial charge < -0.3 is 9.84 Å². The van der Waals surface area contributed by atoms with Gasteiger partial charge in [0.25, 0.3) is 0 Å². The van der Waals surface area contributed by atoms with Crippen LogP contribution in [-0.2, 0) is 16.0 Å². The number of ketones is 1. The molecule has 0 radical (unpaired) electrons. The van der Waals surface area contributed by atoms with Crippen LogP contribution >= 0.6 is 0 Å². The topological polar surface area (TPSA) is 46.5 Å². The van der Waals surface area contributed by atoms with Gasteiger partial charge in [0.1, 0.15) is 0 Å². The van der Waals surface area contributed by atoms with E-state index >= 15 is 0 Å². The number of aliphatic hydroxyl groups excluding tert-OH is 1. The van der Waals surface area contributed by atoms with E-state index in [1.807, 2.05) is 13.0 Å². The van der Waals surface area contributed by atoms with Crippen LogP contribution < -0.4 is 0 Å². The van der Waals surface area contributed by atoms with Crippen LogP contribution in [0.1, 0.15) is 52.5 Å². The van der Waals surface area contributed by atoms with Crippen molar-refractivity contribution in [3.63, 3.8) is 0 Å². The Kier molecular flexibility index (Phi) is 8.25. The van der Waals surface area contributed by atoms with E-state index < -0.39 is 6.10 Å². The first-order chi connectivity index (χ1) is 13.3. The highest BCUT2D eigenvalue weighted by molar-refractivity contribution is 5.97. The second kappa shape index (κ2) is 10.4. The number of carbonyl (C=O) groups excluding carboxylic acids is 1. The highest BCUT2D eigenvalue weighted by atomic mass is 16.5. The smallest absolute Gasteiger partial charge is 0.200 e. The Morgan fingerprint density at radius 3 is 2.46 bits per heavy atom. The molecule has 0 spiro atoms. The van der Waals surface area contributed by atoms with Gasteiger partial charge in [0.15, 0.2) is 5.76 Å². The van der Waals surface area contributed by atoms with Gasteiger partial charge in [-0.15, -0.1) is 0 Å². The molecule has 28 heavy (non-hydrogen) atoms. The number of hydrogen-bond acceptors (Lipinski definition) is 3. The highest BCUT2D eigenvalue weighted by Gasteiger charge is 2.39. The molecule has 0 bridgehead atoms. The van der Waals surface area contributed by atoms with Crippen molar-refractivity contribution in [2.24, 2.45) is 11.8 Å². The van der Waals surface area contributed by atoms with Gasteiger partial charge in [-0.25, -0.2) is 0 Å². The first-order valence-corrected chi connectivity index (χ1v) is 10.2. The number of rotatable bonds is 8. The van der Waals surface area contributed by atoms with E-state index in [4.69, 9.17) is 4.74 Å². The largest absolute Gasteiger partial charge is 0.493 e. The van der Waals surface area contributed by atoms with Gasteiger partial charge in [-0.3, -0.25) is 4.79 Å². The van der Waals surface area contributed by atoms with E-state index in [0.717, 1.165) is 19.3 Å². The lowest BCUT2D eigenvalue weighted by molar-refractivity contribution is -0.126. The van der Waals surface area contributed by atoms with Gasteiger partial charge in [-0.1, -0.05) is 60.6 Å². The lowest BCUT2D eigenvalue weighted by atomic mass is 9.75. The Hall–Kier alpha value is -2.13. The van der Waals surface area contributed by atoms with E-state index in [1.54, 1.807) is 6.92 Å². The monoisotopic (exact) mass is 382 g/mol. The van der Waals surface area contributed by atoms with E-state index in [0.29, 0.717) is 17.8 Å². The quantitative estimate of drug-likeness (QED) is 0.612. The molecule has 1 aromatic carbocycles. The number of benzene rings is 1. The molecule has 3 nitrogen and oxygen atoms in total. The first kappa shape index (κ1) is 22.2. The molecule has 0 fully saturated rings. The predicted molar refractivity (Wildman–Crippen MR) is 115 cm³/mol. The van der Waals surface area contributed by atoms with Gasteiger partial charge in [-0.05, 0) is 52.0 Å². The van der Waals surface area contributed by atoms with Crippen LogP contribution in [0.4, 0.5) is 0 Å². The maximum Gasteiger partial charge on any atom is 0.200 e. The number of carbonyl (C=O) groups is 1. The summed E-state index contributed by atoms with van der Waals surface area (Å²) >= 11 is 0. The molecule has 0 amide bonds. The molecule has 1 aliphatic rings. The van der Waals surface area contributed by atoms with Crippen LogP contribution in [0.15, 0.2) is 65.0 Å². The summed E-state index contributed by atoms with van der Waals surface area (Å²) in [5.41, 5.74) is 4.68. The van der Waals surface area contributed by atoms with Gasteiger partial charge in [0, 0.05) is 17.4 Å². The molecule has 152 valence electrons. The molecule has 1 N–H and O–H groups in total. The fourth-order valence-corrected chi connectivity index (χ4v) is 3.89. The Bertz CT molecular complexity index is 755. The van der Waals surface area contributed by atoms with Crippen molar-refractivity contribution in [1.29, 1.82) is 0 Å². The van der Waals surface area contributed by atoms with Crippen LogP contribution in [0.2, 0.25) is 0 Å². The highest BCUT2D eigenvalue weighted by Crippen LogP contribution is 2.34. The number of hydrogen-bond donors (Lipinski definition) is 1. The molecule has 3 unspecified atom stereocenters. The van der Waals surface area contributed by atoms with Gasteiger partial charge >= 0.3 is 0 Å². The second-order valence-corrected chi connectivity index (χ2v) is 8.02. The van der Waals surface area contributed by atoms with Crippen molar-refractivity contribution in [2.45, 2.75) is 59.5 Å². The summed E-state index contributed by atoms with van der Waals surface area (Å²) in [5, 5.41) is 10.6. The predicted octanol–water partition coefficient (Wildman–Crippen LogP) is 5.41. The zero-order valence-electron chi connectivity index (χ0n) is 17.9. The number of ether oxygens (including phenoxy) is 1. The van der Waals surface area contributed by atoms with Crippen molar-refractivity contribution >= 4 is 5.78 Å². The fraction of sp³-hybridized carbons (Fsp3) is 0.480. The zero-order chi connectivity index (χ0) is 20.7. The molecule has 1 aromatic rings. The van der Waals surface area contributed by atoms with Gasteiger partial charge in [-0.2, -0.15) is 0 Å². The minimum absolute atomic E-state index is 0.000762. The molecular weight excluding hydrogens is 348 g/mol. The van der Waals surface area contributed by atoms with E-state index in [1.165, 1.54) is 23.8 Å². The molecule has 3 atom stereocenters. The Balaban J connectivity index is 1.89. The van der Waals surface area contributed by atoms with Crippen molar-refractivity contribution in [3.8, 4) is 0 Å². The molecule has 2 rings (SSSR count). The molecule has 0 heterocycles. The SMILES string of the molecule is COC1=C(C)C(O)C(CC=C(C)CCC=C(C)Cc2ccccc2)C(C)C1=O. The van der Waals surface area contributed by atoms with Gasteiger partial charge in [0.05, 0.1) is 13.2 Å². The lowest BCUT2D eigenvalue weighted by Gasteiger charge is -2.33. The number of aliphatic hydroxyl groups is 1. The summed E-state index contributed by atoms with van der Waals surface area (Å²) in [6.07, 6.45) is 7.57. The average molecular weight is 383 g/mol. The normalized spacial score (nSPS) is 23.9. The third kappa shape index (κ3) is 5.68. The van der Waals surface area contributed by atoms with Crippen LogP contribution in [0.25, 0.3) is 0 Å². The molecule has 0 saturated carbocycles. The molecule has 0 aromatic heterocycles. The molecular formula is C25H34O3.